The molecule has 1 aliphatic rings. The molecule has 28 heavy (non-hydrogen) atoms. The first-order valence-electron chi connectivity index (χ1n) is 9.25. The van der Waals surface area contributed by atoms with E-state index in [-0.39, 0.29) is 24.1 Å². The monoisotopic (exact) mass is 380 g/mol. The Kier molecular flexibility index (Phi) is 4.92. The van der Waals surface area contributed by atoms with E-state index >= 15 is 0 Å². The highest BCUT2D eigenvalue weighted by atomic mass is 19.1. The number of piperazine rings is 1. The second-order valence-electron chi connectivity index (χ2n) is 6.99. The van der Waals surface area contributed by atoms with Crippen molar-refractivity contribution in [2.24, 2.45) is 7.05 Å². The fourth-order valence-electron chi connectivity index (χ4n) is 3.59. The highest BCUT2D eigenvalue weighted by Crippen LogP contribution is 2.20. The Morgan fingerprint density at radius 3 is 2.39 bits per heavy atom. The normalized spacial score (nSPS) is 15.1. The lowest BCUT2D eigenvalue weighted by atomic mass is 10.1. The first-order chi connectivity index (χ1) is 13.5. The summed E-state index contributed by atoms with van der Waals surface area (Å²) in [4.78, 5) is 29.2. The second kappa shape index (κ2) is 7.52. The van der Waals surface area contributed by atoms with Gasteiger partial charge in [0.2, 0.25) is 0 Å². The maximum atomic E-state index is 13.0. The summed E-state index contributed by atoms with van der Waals surface area (Å²) in [5.74, 6) is -0.440. The Hall–Kier alpha value is -3.06. The number of aromatic nitrogens is 2. The van der Waals surface area contributed by atoms with E-state index < -0.39 is 0 Å². The molecule has 0 saturated carbocycles. The van der Waals surface area contributed by atoms with Crippen LogP contribution >= 0.6 is 0 Å². The molecule has 0 aliphatic carbocycles. The van der Waals surface area contributed by atoms with Crippen LogP contribution in [0.2, 0.25) is 0 Å². The number of nitrogens with zero attached hydrogens (tertiary/aromatic N) is 4. The summed E-state index contributed by atoms with van der Waals surface area (Å²) in [5.41, 5.74) is 1.89. The Morgan fingerprint density at radius 1 is 1.00 bits per heavy atom. The molecule has 1 saturated heterocycles. The Morgan fingerprint density at radius 2 is 1.68 bits per heavy atom. The smallest absolute Gasteiger partial charge is 0.272 e. The Bertz CT molecular complexity index is 1020. The maximum Gasteiger partial charge on any atom is 0.272 e. The van der Waals surface area contributed by atoms with Crippen LogP contribution in [0.4, 0.5) is 4.39 Å². The summed E-state index contributed by atoms with van der Waals surface area (Å²) in [6.45, 7) is 2.61. The third-order valence-corrected chi connectivity index (χ3v) is 5.14. The van der Waals surface area contributed by atoms with Gasteiger partial charge in [0.25, 0.3) is 5.91 Å². The van der Waals surface area contributed by atoms with E-state index in [0.717, 1.165) is 10.9 Å². The third kappa shape index (κ3) is 3.53. The van der Waals surface area contributed by atoms with Gasteiger partial charge in [0.05, 0.1) is 12.1 Å². The molecule has 144 valence electrons. The van der Waals surface area contributed by atoms with E-state index in [0.29, 0.717) is 37.4 Å². The van der Waals surface area contributed by atoms with E-state index in [1.807, 2.05) is 34.1 Å². The molecule has 1 aromatic heterocycles. The van der Waals surface area contributed by atoms with Gasteiger partial charge in [-0.25, -0.2) is 4.39 Å². The molecule has 0 bridgehead atoms. The van der Waals surface area contributed by atoms with Crippen molar-refractivity contribution in [3.05, 3.63) is 65.6 Å². The highest BCUT2D eigenvalue weighted by molar-refractivity contribution is 6.05. The summed E-state index contributed by atoms with van der Waals surface area (Å²) in [5, 5.41) is 5.26. The molecule has 1 amide bonds. The number of hydrogen-bond acceptors (Lipinski definition) is 4. The Balaban J connectivity index is 1.39. The van der Waals surface area contributed by atoms with Crippen molar-refractivity contribution in [3.63, 3.8) is 0 Å². The average Bonchev–Trinajstić information content (AvgIpc) is 3.04. The van der Waals surface area contributed by atoms with Crippen molar-refractivity contribution in [1.29, 1.82) is 0 Å². The summed E-state index contributed by atoms with van der Waals surface area (Å²) in [7, 11) is 1.78. The minimum atomic E-state index is -0.355. The van der Waals surface area contributed by atoms with Gasteiger partial charge >= 0.3 is 0 Å². The fraction of sp³-hybridized carbons (Fsp3) is 0.286. The number of rotatable bonds is 4. The number of ketones is 1. The Labute approximate surface area is 162 Å². The van der Waals surface area contributed by atoms with Gasteiger partial charge in [-0.05, 0) is 30.3 Å². The molecule has 7 heteroatoms. The van der Waals surface area contributed by atoms with Crippen LogP contribution in [0, 0.1) is 5.82 Å². The molecule has 1 fully saturated rings. The summed E-state index contributed by atoms with van der Waals surface area (Å²) in [6.07, 6.45) is 0. The number of hydrogen-bond donors (Lipinski definition) is 0. The largest absolute Gasteiger partial charge is 0.335 e. The fourth-order valence-corrected chi connectivity index (χ4v) is 3.59. The quantitative estimate of drug-likeness (QED) is 0.652. The van der Waals surface area contributed by atoms with Crippen molar-refractivity contribution in [3.8, 4) is 0 Å². The van der Waals surface area contributed by atoms with Crippen molar-refractivity contribution in [2.75, 3.05) is 32.7 Å². The molecule has 0 N–H and O–H groups in total. The molecule has 0 radical (unpaired) electrons. The number of fused-ring (bicyclic) bond motifs is 1. The van der Waals surface area contributed by atoms with Crippen LogP contribution in [0.5, 0.6) is 0 Å². The van der Waals surface area contributed by atoms with Crippen molar-refractivity contribution >= 4 is 22.6 Å². The van der Waals surface area contributed by atoms with E-state index in [9.17, 15) is 14.0 Å². The zero-order valence-corrected chi connectivity index (χ0v) is 15.6. The highest BCUT2D eigenvalue weighted by Gasteiger charge is 2.26. The van der Waals surface area contributed by atoms with Crippen LogP contribution in [0.25, 0.3) is 10.9 Å². The third-order valence-electron chi connectivity index (χ3n) is 5.14. The van der Waals surface area contributed by atoms with Gasteiger partial charge in [-0.3, -0.25) is 19.2 Å². The van der Waals surface area contributed by atoms with E-state index in [1.54, 1.807) is 11.7 Å². The van der Waals surface area contributed by atoms with Gasteiger partial charge in [0, 0.05) is 44.2 Å². The van der Waals surface area contributed by atoms with Gasteiger partial charge < -0.3 is 4.90 Å². The first kappa shape index (κ1) is 18.3. The van der Waals surface area contributed by atoms with Crippen LogP contribution in [-0.4, -0.2) is 64.0 Å². The molecular weight excluding hydrogens is 359 g/mol. The summed E-state index contributed by atoms with van der Waals surface area (Å²) < 4.78 is 14.6. The van der Waals surface area contributed by atoms with Crippen LogP contribution < -0.4 is 0 Å². The lowest BCUT2D eigenvalue weighted by Gasteiger charge is -2.34. The predicted octanol–water partition coefficient (Wildman–Crippen LogP) is 2.35. The standard InChI is InChI=1S/C21H21FN4O2/c1-24-20(17-4-2-3-5-18(17)23-24)21(28)26-12-10-25(11-13-26)14-19(27)15-6-8-16(22)9-7-15/h2-9H,10-14H2,1H3. The SMILES string of the molecule is Cn1nc2ccccc2c1C(=O)N1CCN(CC(=O)c2ccc(F)cc2)CC1. The zero-order chi connectivity index (χ0) is 19.7. The number of carbonyl (C=O) groups excluding carboxylic acids is 2. The first-order valence-corrected chi connectivity index (χ1v) is 9.25. The summed E-state index contributed by atoms with van der Waals surface area (Å²) in [6, 6.07) is 13.2. The van der Waals surface area contributed by atoms with Crippen LogP contribution in [0.1, 0.15) is 20.8 Å². The molecule has 2 heterocycles. The molecule has 6 nitrogen and oxygen atoms in total. The molecular formula is C21H21FN4O2. The average molecular weight is 380 g/mol. The van der Waals surface area contributed by atoms with E-state index in [2.05, 4.69) is 5.10 Å². The topological polar surface area (TPSA) is 58.4 Å². The van der Waals surface area contributed by atoms with Crippen molar-refractivity contribution < 1.29 is 14.0 Å². The van der Waals surface area contributed by atoms with Crippen molar-refractivity contribution in [1.82, 2.24) is 19.6 Å². The maximum absolute atomic E-state index is 13.0. The second-order valence-corrected chi connectivity index (χ2v) is 6.99. The van der Waals surface area contributed by atoms with Gasteiger partial charge in [-0.2, -0.15) is 5.10 Å². The van der Waals surface area contributed by atoms with Crippen LogP contribution in [0.15, 0.2) is 48.5 Å². The number of amides is 1. The van der Waals surface area contributed by atoms with Gasteiger partial charge in [-0.15, -0.1) is 0 Å². The van der Waals surface area contributed by atoms with Crippen LogP contribution in [-0.2, 0) is 7.05 Å². The molecule has 4 rings (SSSR count). The number of halogens is 1. The number of carbonyl (C=O) groups is 2. The molecule has 3 aromatic rings. The summed E-state index contributed by atoms with van der Waals surface area (Å²) >= 11 is 0. The zero-order valence-electron chi connectivity index (χ0n) is 15.6. The lowest BCUT2D eigenvalue weighted by Crippen LogP contribution is -2.50. The predicted molar refractivity (Wildman–Crippen MR) is 104 cm³/mol. The molecule has 0 atom stereocenters. The van der Waals surface area contributed by atoms with Gasteiger partial charge in [0.1, 0.15) is 11.5 Å². The molecule has 0 spiro atoms. The van der Waals surface area contributed by atoms with E-state index in [4.69, 9.17) is 0 Å². The van der Waals surface area contributed by atoms with Gasteiger partial charge in [-0.1, -0.05) is 18.2 Å². The lowest BCUT2D eigenvalue weighted by molar-refractivity contribution is 0.0616. The number of aryl methyl sites for hydroxylation is 1. The minimum absolute atomic E-state index is 0.0410. The van der Waals surface area contributed by atoms with Crippen LogP contribution in [0.3, 0.4) is 0 Å². The molecule has 0 unspecified atom stereocenters. The molecule has 1 aliphatic heterocycles. The molecule has 2 aromatic carbocycles. The van der Waals surface area contributed by atoms with Gasteiger partial charge in [0.15, 0.2) is 5.78 Å². The number of Topliss-reactive ketones (excluding diaryl/α,β-unsaturated/α-hetero) is 1. The minimum Gasteiger partial charge on any atom is -0.335 e. The number of benzene rings is 2. The van der Waals surface area contributed by atoms with E-state index in [1.165, 1.54) is 24.3 Å². The van der Waals surface area contributed by atoms with Crippen molar-refractivity contribution in [2.45, 2.75) is 0 Å².